The van der Waals surface area contributed by atoms with E-state index >= 15 is 0 Å². The van der Waals surface area contributed by atoms with E-state index in [0.717, 1.165) is 30.8 Å². The molecule has 4 nitrogen and oxygen atoms in total. The zero-order valence-electron chi connectivity index (χ0n) is 11.7. The van der Waals surface area contributed by atoms with E-state index in [4.69, 9.17) is 0 Å². The van der Waals surface area contributed by atoms with E-state index in [-0.39, 0.29) is 11.8 Å². The van der Waals surface area contributed by atoms with Gasteiger partial charge in [-0.05, 0) is 43.8 Å². The summed E-state index contributed by atoms with van der Waals surface area (Å²) >= 11 is 1.59. The highest BCUT2D eigenvalue weighted by Gasteiger charge is 2.18. The highest BCUT2D eigenvalue weighted by Crippen LogP contribution is 2.22. The monoisotopic (exact) mass is 304 g/mol. The largest absolute Gasteiger partial charge is 0.317 e. The van der Waals surface area contributed by atoms with Crippen LogP contribution in [0.15, 0.2) is 17.5 Å². The number of unbranched alkanes of at least 4 members (excludes halogenated alkanes) is 1. The molecule has 19 heavy (non-hydrogen) atoms. The maximum Gasteiger partial charge on any atom is 0.212 e. The maximum absolute atomic E-state index is 12.0. The molecule has 0 spiro atoms. The lowest BCUT2D eigenvalue weighted by Gasteiger charge is -2.15. The Labute approximate surface area is 120 Å². The Bertz CT molecular complexity index is 430. The third-order valence-electron chi connectivity index (χ3n) is 2.88. The number of rotatable bonds is 10. The summed E-state index contributed by atoms with van der Waals surface area (Å²) in [5.41, 5.74) is 0. The van der Waals surface area contributed by atoms with Crippen LogP contribution in [0.1, 0.15) is 44.0 Å². The first-order chi connectivity index (χ1) is 9.09. The molecule has 1 atom stereocenters. The van der Waals surface area contributed by atoms with Crippen molar-refractivity contribution in [3.05, 3.63) is 22.4 Å². The van der Waals surface area contributed by atoms with Gasteiger partial charge in [-0.2, -0.15) is 0 Å². The van der Waals surface area contributed by atoms with Crippen molar-refractivity contribution < 1.29 is 8.42 Å². The van der Waals surface area contributed by atoms with Gasteiger partial charge in [0.1, 0.15) is 0 Å². The Morgan fingerprint density at radius 1 is 1.32 bits per heavy atom. The van der Waals surface area contributed by atoms with Gasteiger partial charge >= 0.3 is 0 Å². The van der Waals surface area contributed by atoms with Gasteiger partial charge in [0.15, 0.2) is 0 Å². The minimum atomic E-state index is -3.18. The molecule has 1 heterocycles. The average molecular weight is 304 g/mol. The molecule has 1 unspecified atom stereocenters. The summed E-state index contributed by atoms with van der Waals surface area (Å²) in [7, 11) is -3.18. The van der Waals surface area contributed by atoms with Crippen LogP contribution < -0.4 is 10.0 Å². The van der Waals surface area contributed by atoms with Crippen molar-refractivity contribution in [3.63, 3.8) is 0 Å². The van der Waals surface area contributed by atoms with Gasteiger partial charge in [-0.25, -0.2) is 13.1 Å². The molecule has 6 heteroatoms. The molecule has 0 aliphatic heterocycles. The Balaban J connectivity index is 2.40. The quantitative estimate of drug-likeness (QED) is 0.653. The highest BCUT2D eigenvalue weighted by molar-refractivity contribution is 7.89. The fraction of sp³-hybridized carbons (Fsp3) is 0.692. The average Bonchev–Trinajstić information content (AvgIpc) is 2.89. The van der Waals surface area contributed by atoms with Crippen molar-refractivity contribution in [2.24, 2.45) is 0 Å². The van der Waals surface area contributed by atoms with Gasteiger partial charge in [0, 0.05) is 4.88 Å². The molecule has 0 amide bonds. The van der Waals surface area contributed by atoms with Gasteiger partial charge in [-0.1, -0.05) is 19.9 Å². The molecule has 0 saturated carbocycles. The number of hydrogen-bond acceptors (Lipinski definition) is 4. The molecule has 0 radical (unpaired) electrons. The summed E-state index contributed by atoms with van der Waals surface area (Å²) in [6, 6.07) is 3.85. The topological polar surface area (TPSA) is 58.2 Å². The Hall–Kier alpha value is -0.430. The van der Waals surface area contributed by atoms with Crippen LogP contribution in [0.2, 0.25) is 0 Å². The first kappa shape index (κ1) is 16.6. The fourth-order valence-corrected chi connectivity index (χ4v) is 4.19. The molecule has 1 rings (SSSR count). The lowest BCUT2D eigenvalue weighted by molar-refractivity contribution is 0.548. The number of thiophene rings is 1. The summed E-state index contributed by atoms with van der Waals surface area (Å²) in [5, 5.41) is 5.17. The second kappa shape index (κ2) is 8.68. The van der Waals surface area contributed by atoms with Crippen molar-refractivity contribution in [3.8, 4) is 0 Å². The molecule has 1 aromatic heterocycles. The predicted molar refractivity (Wildman–Crippen MR) is 82.1 cm³/mol. The van der Waals surface area contributed by atoms with Crippen LogP contribution in [0.4, 0.5) is 0 Å². The Kier molecular flexibility index (Phi) is 7.60. The third-order valence-corrected chi connectivity index (χ3v) is 5.34. The molecule has 0 fully saturated rings. The Morgan fingerprint density at radius 3 is 2.68 bits per heavy atom. The zero-order valence-corrected chi connectivity index (χ0v) is 13.3. The summed E-state index contributed by atoms with van der Waals surface area (Å²) in [4.78, 5) is 1.08. The van der Waals surface area contributed by atoms with E-state index in [0.29, 0.717) is 6.42 Å². The van der Waals surface area contributed by atoms with Crippen molar-refractivity contribution in [2.45, 2.75) is 39.2 Å². The molecule has 110 valence electrons. The molecule has 0 aromatic carbocycles. The Morgan fingerprint density at radius 2 is 2.11 bits per heavy atom. The van der Waals surface area contributed by atoms with E-state index in [2.05, 4.69) is 10.0 Å². The SMILES string of the molecule is CCNCCCCS(=O)(=O)NC(CC)c1cccs1. The minimum absolute atomic E-state index is 0.0845. The molecular weight excluding hydrogens is 280 g/mol. The van der Waals surface area contributed by atoms with Crippen molar-refractivity contribution in [1.29, 1.82) is 0 Å². The van der Waals surface area contributed by atoms with Crippen LogP contribution in [-0.2, 0) is 10.0 Å². The maximum atomic E-state index is 12.0. The van der Waals surface area contributed by atoms with E-state index in [1.54, 1.807) is 11.3 Å². The van der Waals surface area contributed by atoms with E-state index in [1.165, 1.54) is 0 Å². The normalized spacial score (nSPS) is 13.6. The first-order valence-electron chi connectivity index (χ1n) is 6.83. The number of sulfonamides is 1. The lowest BCUT2D eigenvalue weighted by atomic mass is 10.2. The van der Waals surface area contributed by atoms with Crippen molar-refractivity contribution in [2.75, 3.05) is 18.8 Å². The van der Waals surface area contributed by atoms with E-state index < -0.39 is 10.0 Å². The molecule has 2 N–H and O–H groups in total. The number of nitrogens with one attached hydrogen (secondary N) is 2. The van der Waals surface area contributed by atoms with Gasteiger partial charge in [0.2, 0.25) is 10.0 Å². The van der Waals surface area contributed by atoms with Crippen LogP contribution in [0.25, 0.3) is 0 Å². The van der Waals surface area contributed by atoms with E-state index in [1.807, 2.05) is 31.4 Å². The van der Waals surface area contributed by atoms with Crippen molar-refractivity contribution in [1.82, 2.24) is 10.0 Å². The molecule has 0 aliphatic rings. The zero-order chi connectivity index (χ0) is 14.1. The smallest absolute Gasteiger partial charge is 0.212 e. The second-order valence-electron chi connectivity index (χ2n) is 4.47. The molecule has 0 saturated heterocycles. The second-order valence-corrected chi connectivity index (χ2v) is 7.33. The van der Waals surface area contributed by atoms with Crippen LogP contribution in [-0.4, -0.2) is 27.3 Å². The van der Waals surface area contributed by atoms with Gasteiger partial charge in [-0.3, -0.25) is 0 Å². The highest BCUT2D eigenvalue weighted by atomic mass is 32.2. The van der Waals surface area contributed by atoms with Crippen LogP contribution in [0, 0.1) is 0 Å². The first-order valence-corrected chi connectivity index (χ1v) is 9.36. The summed E-state index contributed by atoms with van der Waals surface area (Å²) in [6.07, 6.45) is 2.37. The molecular formula is C13H24N2O2S2. The van der Waals surface area contributed by atoms with E-state index in [9.17, 15) is 8.42 Å². The molecule has 0 aliphatic carbocycles. The van der Waals surface area contributed by atoms with Gasteiger partial charge in [-0.15, -0.1) is 11.3 Å². The van der Waals surface area contributed by atoms with Crippen molar-refractivity contribution >= 4 is 21.4 Å². The predicted octanol–water partition coefficient (Wildman–Crippen LogP) is 2.51. The summed E-state index contributed by atoms with van der Waals surface area (Å²) in [6.45, 7) is 5.86. The van der Waals surface area contributed by atoms with Gasteiger partial charge < -0.3 is 5.32 Å². The fourth-order valence-electron chi connectivity index (χ4n) is 1.83. The summed E-state index contributed by atoms with van der Waals surface area (Å²) < 4.78 is 26.8. The molecule has 0 bridgehead atoms. The third kappa shape index (κ3) is 6.51. The van der Waals surface area contributed by atoms with Crippen LogP contribution in [0.5, 0.6) is 0 Å². The van der Waals surface area contributed by atoms with Crippen LogP contribution in [0.3, 0.4) is 0 Å². The molecule has 1 aromatic rings. The number of hydrogen-bond donors (Lipinski definition) is 2. The minimum Gasteiger partial charge on any atom is -0.317 e. The van der Waals surface area contributed by atoms with Gasteiger partial charge in [0.25, 0.3) is 0 Å². The van der Waals surface area contributed by atoms with Crippen LogP contribution >= 0.6 is 11.3 Å². The summed E-state index contributed by atoms with van der Waals surface area (Å²) in [5.74, 6) is 0.209. The van der Waals surface area contributed by atoms with Gasteiger partial charge in [0.05, 0.1) is 11.8 Å². The lowest BCUT2D eigenvalue weighted by Crippen LogP contribution is -2.30. The standard InChI is InChI=1S/C13H24N2O2S2/c1-3-12(13-8-7-10-18-13)15-19(16,17)11-6-5-9-14-4-2/h7-8,10,12,14-15H,3-6,9,11H2,1-2H3.